The lowest BCUT2D eigenvalue weighted by molar-refractivity contribution is -0.136. The predicted octanol–water partition coefficient (Wildman–Crippen LogP) is 0.843. The van der Waals surface area contributed by atoms with E-state index in [0.717, 1.165) is 0 Å². The van der Waals surface area contributed by atoms with Crippen molar-refractivity contribution in [2.75, 3.05) is 12.4 Å². The molecule has 0 spiro atoms. The van der Waals surface area contributed by atoms with E-state index < -0.39 is 23.6 Å². The molecule has 2 heterocycles. The van der Waals surface area contributed by atoms with Gasteiger partial charge in [-0.2, -0.15) is 4.68 Å². The lowest BCUT2D eigenvalue weighted by atomic mass is 9.92. The number of hydrogen-bond donors (Lipinski definition) is 1. The number of carbonyl (C=O) groups excluding carboxylic acids is 2. The number of tetrazole rings is 1. The van der Waals surface area contributed by atoms with Crippen molar-refractivity contribution >= 4 is 17.7 Å². The molecule has 0 bridgehead atoms. The number of esters is 1. The number of benzene rings is 1. The summed E-state index contributed by atoms with van der Waals surface area (Å²) in [6.45, 7) is 1.28. The number of halogens is 1. The van der Waals surface area contributed by atoms with E-state index in [2.05, 4.69) is 20.8 Å². The number of ether oxygens (including phenoxy) is 1. The van der Waals surface area contributed by atoms with E-state index in [-0.39, 0.29) is 22.8 Å². The second kappa shape index (κ2) is 5.59. The van der Waals surface area contributed by atoms with Crippen LogP contribution < -0.4 is 5.32 Å². The Labute approximate surface area is 129 Å². The minimum absolute atomic E-state index is 0.0294. The van der Waals surface area contributed by atoms with Crippen LogP contribution in [0.5, 0.6) is 0 Å². The molecule has 1 N–H and O–H groups in total. The molecule has 1 aliphatic heterocycles. The average molecular weight is 317 g/mol. The van der Waals surface area contributed by atoms with Crippen LogP contribution >= 0.6 is 0 Å². The van der Waals surface area contributed by atoms with Crippen molar-refractivity contribution in [3.8, 4) is 0 Å². The van der Waals surface area contributed by atoms with Crippen LogP contribution in [-0.2, 0) is 14.3 Å². The standard InChI is InChI=1S/C14H12FN5O3/c1-7(21)10-11(13(22)23-2)16-14-17-18-19-20(14)12(10)8-5-3-4-6-9(8)15/h3-6,12H,1-2H3,(H,16,17,19)/t12-/m0/s1. The number of rotatable bonds is 3. The molecule has 23 heavy (non-hydrogen) atoms. The van der Waals surface area contributed by atoms with Gasteiger partial charge in [-0.1, -0.05) is 23.3 Å². The van der Waals surface area contributed by atoms with Crippen LogP contribution in [-0.4, -0.2) is 39.1 Å². The van der Waals surface area contributed by atoms with Gasteiger partial charge in [0.25, 0.3) is 0 Å². The minimum Gasteiger partial charge on any atom is -0.464 e. The van der Waals surface area contributed by atoms with Crippen molar-refractivity contribution in [2.24, 2.45) is 0 Å². The highest BCUT2D eigenvalue weighted by molar-refractivity contribution is 6.05. The molecule has 0 saturated heterocycles. The van der Waals surface area contributed by atoms with E-state index >= 15 is 0 Å². The van der Waals surface area contributed by atoms with E-state index in [4.69, 9.17) is 4.74 Å². The molecule has 0 radical (unpaired) electrons. The smallest absolute Gasteiger partial charge is 0.355 e. The summed E-state index contributed by atoms with van der Waals surface area (Å²) in [5.41, 5.74) is 0.103. The van der Waals surface area contributed by atoms with E-state index in [1.807, 2.05) is 0 Å². The van der Waals surface area contributed by atoms with Crippen molar-refractivity contribution < 1.29 is 18.7 Å². The number of carbonyl (C=O) groups is 2. The summed E-state index contributed by atoms with van der Waals surface area (Å²) >= 11 is 0. The van der Waals surface area contributed by atoms with Crippen molar-refractivity contribution in [1.29, 1.82) is 0 Å². The maximum atomic E-state index is 14.3. The van der Waals surface area contributed by atoms with Crippen LogP contribution in [0.15, 0.2) is 35.5 Å². The molecule has 0 unspecified atom stereocenters. The first kappa shape index (κ1) is 14.8. The van der Waals surface area contributed by atoms with Crippen LogP contribution in [0.4, 0.5) is 10.3 Å². The largest absolute Gasteiger partial charge is 0.464 e. The van der Waals surface area contributed by atoms with Crippen molar-refractivity contribution in [3.63, 3.8) is 0 Å². The molecular weight excluding hydrogens is 305 g/mol. The maximum absolute atomic E-state index is 14.3. The van der Waals surface area contributed by atoms with Gasteiger partial charge >= 0.3 is 5.97 Å². The molecule has 1 aliphatic rings. The molecule has 9 heteroatoms. The molecular formula is C14H12FN5O3. The maximum Gasteiger partial charge on any atom is 0.355 e. The average Bonchev–Trinajstić information content (AvgIpc) is 3.01. The van der Waals surface area contributed by atoms with E-state index in [0.29, 0.717) is 0 Å². The SMILES string of the molecule is COC(=O)C1=C(C(C)=O)[C@H](c2ccccc2F)n2nnnc2N1. The Morgan fingerprint density at radius 2 is 2.09 bits per heavy atom. The van der Waals surface area contributed by atoms with Gasteiger partial charge in [0.2, 0.25) is 5.95 Å². The molecule has 0 saturated carbocycles. The first-order valence-electron chi connectivity index (χ1n) is 6.67. The predicted molar refractivity (Wildman–Crippen MR) is 75.7 cm³/mol. The molecule has 1 atom stereocenters. The molecule has 0 fully saturated rings. The van der Waals surface area contributed by atoms with Gasteiger partial charge < -0.3 is 10.1 Å². The topological polar surface area (TPSA) is 99.0 Å². The number of fused-ring (bicyclic) bond motifs is 1. The summed E-state index contributed by atoms with van der Waals surface area (Å²) in [5.74, 6) is -1.61. The van der Waals surface area contributed by atoms with Gasteiger partial charge in [0, 0.05) is 5.56 Å². The number of allylic oxidation sites excluding steroid dienone is 1. The van der Waals surface area contributed by atoms with Gasteiger partial charge in [-0.05, 0) is 23.4 Å². The third-order valence-corrected chi connectivity index (χ3v) is 3.49. The lowest BCUT2D eigenvalue weighted by Crippen LogP contribution is -2.32. The molecule has 0 amide bonds. The Bertz CT molecular complexity index is 829. The van der Waals surface area contributed by atoms with Gasteiger partial charge in [-0.25, -0.2) is 9.18 Å². The second-order valence-corrected chi connectivity index (χ2v) is 4.83. The van der Waals surface area contributed by atoms with Crippen molar-refractivity contribution in [3.05, 3.63) is 46.9 Å². The summed E-state index contributed by atoms with van der Waals surface area (Å²) in [7, 11) is 1.18. The molecule has 3 rings (SSSR count). The van der Waals surface area contributed by atoms with Gasteiger partial charge in [-0.15, -0.1) is 0 Å². The molecule has 2 aromatic rings. The Morgan fingerprint density at radius 3 is 2.74 bits per heavy atom. The Morgan fingerprint density at radius 1 is 1.35 bits per heavy atom. The zero-order chi connectivity index (χ0) is 16.6. The molecule has 118 valence electrons. The van der Waals surface area contributed by atoms with E-state index in [9.17, 15) is 14.0 Å². The fraction of sp³-hybridized carbons (Fsp3) is 0.214. The molecule has 1 aromatic heterocycles. The normalized spacial score (nSPS) is 16.6. The minimum atomic E-state index is -0.964. The van der Waals surface area contributed by atoms with Gasteiger partial charge in [0.05, 0.1) is 12.7 Å². The zero-order valence-corrected chi connectivity index (χ0v) is 12.3. The zero-order valence-electron chi connectivity index (χ0n) is 12.3. The third kappa shape index (κ3) is 2.35. The summed E-state index contributed by atoms with van der Waals surface area (Å²) in [6.07, 6.45) is 0. The Balaban J connectivity index is 2.29. The van der Waals surface area contributed by atoms with Crippen LogP contribution in [0.25, 0.3) is 0 Å². The summed E-state index contributed by atoms with van der Waals surface area (Å²) < 4.78 is 20.2. The highest BCUT2D eigenvalue weighted by Crippen LogP contribution is 2.36. The molecule has 0 aliphatic carbocycles. The number of hydrogen-bond acceptors (Lipinski definition) is 7. The van der Waals surface area contributed by atoms with Crippen LogP contribution in [0, 0.1) is 5.82 Å². The lowest BCUT2D eigenvalue weighted by Gasteiger charge is -2.27. The van der Waals surface area contributed by atoms with Gasteiger partial charge in [-0.3, -0.25) is 4.79 Å². The monoisotopic (exact) mass is 317 g/mol. The van der Waals surface area contributed by atoms with E-state index in [1.165, 1.54) is 36.9 Å². The van der Waals surface area contributed by atoms with Crippen LogP contribution in [0.2, 0.25) is 0 Å². The number of nitrogens with zero attached hydrogens (tertiary/aromatic N) is 4. The molecule has 8 nitrogen and oxygen atoms in total. The second-order valence-electron chi connectivity index (χ2n) is 4.83. The summed E-state index contributed by atoms with van der Waals surface area (Å²) in [5, 5.41) is 13.7. The first-order chi connectivity index (χ1) is 11.0. The Kier molecular flexibility index (Phi) is 3.61. The fourth-order valence-electron chi connectivity index (χ4n) is 2.50. The number of ketones is 1. The fourth-order valence-corrected chi connectivity index (χ4v) is 2.50. The first-order valence-corrected chi connectivity index (χ1v) is 6.67. The number of methoxy groups -OCH3 is 1. The van der Waals surface area contributed by atoms with Crippen LogP contribution in [0.3, 0.4) is 0 Å². The van der Waals surface area contributed by atoms with Gasteiger partial charge in [0.15, 0.2) is 5.78 Å². The van der Waals surface area contributed by atoms with Crippen molar-refractivity contribution in [2.45, 2.75) is 13.0 Å². The Hall–Kier alpha value is -3.10. The number of Topliss-reactive ketones (excluding diaryl/α,β-unsaturated/α-hetero) is 1. The quantitative estimate of drug-likeness (QED) is 0.838. The highest BCUT2D eigenvalue weighted by Gasteiger charge is 2.37. The van der Waals surface area contributed by atoms with Gasteiger partial charge in [0.1, 0.15) is 17.6 Å². The summed E-state index contributed by atoms with van der Waals surface area (Å²) in [4.78, 5) is 24.2. The number of aromatic nitrogens is 4. The third-order valence-electron chi connectivity index (χ3n) is 3.49. The van der Waals surface area contributed by atoms with Crippen molar-refractivity contribution in [1.82, 2.24) is 20.2 Å². The summed E-state index contributed by atoms with van der Waals surface area (Å²) in [6, 6.07) is 4.96. The number of nitrogens with one attached hydrogen (secondary N) is 1. The van der Waals surface area contributed by atoms with Crippen LogP contribution in [0.1, 0.15) is 18.5 Å². The number of anilines is 1. The van der Waals surface area contributed by atoms with E-state index in [1.54, 1.807) is 6.07 Å². The molecule has 1 aromatic carbocycles. The highest BCUT2D eigenvalue weighted by atomic mass is 19.1.